The van der Waals surface area contributed by atoms with Gasteiger partial charge >= 0.3 is 5.97 Å². The molecule has 0 aromatic rings. The molecule has 0 saturated carbocycles. The van der Waals surface area contributed by atoms with Gasteiger partial charge in [-0.15, -0.1) is 0 Å². The number of carbonyl (C=O) groups is 1. The molecule has 0 fully saturated rings. The van der Waals surface area contributed by atoms with Gasteiger partial charge in [0, 0.05) is 6.66 Å². The van der Waals surface area contributed by atoms with Crippen molar-refractivity contribution in [2.45, 2.75) is 12.1 Å². The van der Waals surface area contributed by atoms with Gasteiger partial charge in [-0.3, -0.25) is 9.36 Å². The second kappa shape index (κ2) is 5.27. The summed E-state index contributed by atoms with van der Waals surface area (Å²) in [5, 5.41) is 8.45. The van der Waals surface area contributed by atoms with Crippen LogP contribution in [0.5, 0.6) is 0 Å². The molecule has 0 bridgehead atoms. The Kier molecular flexibility index (Phi) is 6.20. The van der Waals surface area contributed by atoms with Gasteiger partial charge in [-0.2, -0.15) is 0 Å². The zero-order chi connectivity index (χ0) is 9.07. The van der Waals surface area contributed by atoms with Crippen LogP contribution in [0.2, 0.25) is 0 Å². The fraction of sp³-hybridized carbons (Fsp3) is 0.800. The number of hydrogen-bond donors (Lipinski definition) is 4. The van der Waals surface area contributed by atoms with E-state index in [1.807, 2.05) is 0 Å². The van der Waals surface area contributed by atoms with Crippen LogP contribution in [-0.4, -0.2) is 34.8 Å². The summed E-state index contributed by atoms with van der Waals surface area (Å²) >= 11 is 0. The normalized spacial score (nSPS) is 17.2. The predicted molar refractivity (Wildman–Crippen MR) is 45.9 cm³/mol. The molecular formula is C5H15N2O4P. The van der Waals surface area contributed by atoms with Crippen LogP contribution in [0.25, 0.3) is 0 Å². The molecule has 0 spiro atoms. The van der Waals surface area contributed by atoms with Crippen LogP contribution < -0.4 is 11.9 Å². The van der Waals surface area contributed by atoms with Crippen LogP contribution in [-0.2, 0) is 9.36 Å². The zero-order valence-corrected chi connectivity index (χ0v) is 7.83. The van der Waals surface area contributed by atoms with Crippen molar-refractivity contribution in [3.63, 3.8) is 0 Å². The van der Waals surface area contributed by atoms with Crippen LogP contribution in [0, 0.1) is 0 Å². The van der Waals surface area contributed by atoms with E-state index in [9.17, 15) is 9.36 Å². The van der Waals surface area contributed by atoms with E-state index in [0.717, 1.165) is 6.66 Å². The molecule has 2 atom stereocenters. The summed E-state index contributed by atoms with van der Waals surface area (Å²) < 4.78 is 10.9. The first-order valence-electron chi connectivity index (χ1n) is 3.12. The minimum Gasteiger partial charge on any atom is -0.481 e. The first kappa shape index (κ1) is 14.1. The van der Waals surface area contributed by atoms with Gasteiger partial charge in [-0.1, -0.05) is 0 Å². The van der Waals surface area contributed by atoms with Crippen molar-refractivity contribution >= 4 is 13.3 Å². The van der Waals surface area contributed by atoms with E-state index in [1.54, 1.807) is 0 Å². The Morgan fingerprint density at radius 2 is 2.08 bits per heavy atom. The number of aliphatic carboxylic acids is 1. The van der Waals surface area contributed by atoms with Crippen molar-refractivity contribution in [3.05, 3.63) is 0 Å². The minimum absolute atomic E-state index is 0. The molecule has 0 aromatic heterocycles. The summed E-state index contributed by atoms with van der Waals surface area (Å²) in [7, 11) is -3.53. The zero-order valence-electron chi connectivity index (χ0n) is 6.93. The van der Waals surface area contributed by atoms with Gasteiger partial charge in [0.2, 0.25) is 7.37 Å². The first-order chi connectivity index (χ1) is 4.89. The van der Waals surface area contributed by atoms with E-state index in [-0.39, 0.29) is 19.1 Å². The van der Waals surface area contributed by atoms with Gasteiger partial charge in [0.15, 0.2) is 0 Å². The van der Waals surface area contributed by atoms with Crippen molar-refractivity contribution < 1.29 is 19.4 Å². The molecule has 2 unspecified atom stereocenters. The van der Waals surface area contributed by atoms with E-state index in [0.29, 0.717) is 0 Å². The summed E-state index contributed by atoms with van der Waals surface area (Å²) in [4.78, 5) is 19.2. The predicted octanol–water partition coefficient (Wildman–Crippen LogP) is -0.149. The van der Waals surface area contributed by atoms with Crippen molar-refractivity contribution in [3.8, 4) is 0 Å². The monoisotopic (exact) mass is 198 g/mol. The van der Waals surface area contributed by atoms with Crippen molar-refractivity contribution in [1.29, 1.82) is 0 Å². The van der Waals surface area contributed by atoms with E-state index in [2.05, 4.69) is 0 Å². The van der Waals surface area contributed by atoms with Gasteiger partial charge in [0.05, 0.1) is 0 Å². The standard InChI is InChI=1S/C5H12NO4P.H3N/c1-11(9,10)4(2-3-6)5(7)8;/h4H,2-3,6H2,1H3,(H,7,8)(H,9,10);1H3. The van der Waals surface area contributed by atoms with Crippen molar-refractivity contribution in [2.24, 2.45) is 5.73 Å². The summed E-state index contributed by atoms with van der Waals surface area (Å²) in [6.45, 7) is 1.14. The van der Waals surface area contributed by atoms with E-state index < -0.39 is 19.0 Å². The third kappa shape index (κ3) is 4.46. The Balaban J connectivity index is 0. The molecular weight excluding hydrogens is 183 g/mol. The van der Waals surface area contributed by atoms with Crippen molar-refractivity contribution in [2.75, 3.05) is 13.2 Å². The Morgan fingerprint density at radius 1 is 1.67 bits per heavy atom. The van der Waals surface area contributed by atoms with E-state index in [1.165, 1.54) is 0 Å². The Morgan fingerprint density at radius 3 is 2.17 bits per heavy atom. The molecule has 0 aromatic carbocycles. The van der Waals surface area contributed by atoms with E-state index in [4.69, 9.17) is 15.7 Å². The molecule has 6 nitrogen and oxygen atoms in total. The summed E-state index contributed by atoms with van der Waals surface area (Å²) in [6.07, 6.45) is 0.0413. The van der Waals surface area contributed by atoms with Crippen LogP contribution in [0.3, 0.4) is 0 Å². The maximum Gasteiger partial charge on any atom is 0.316 e. The topological polar surface area (TPSA) is 136 Å². The Labute approximate surface area is 70.8 Å². The van der Waals surface area contributed by atoms with Gasteiger partial charge < -0.3 is 21.9 Å². The highest BCUT2D eigenvalue weighted by molar-refractivity contribution is 7.58. The lowest BCUT2D eigenvalue weighted by atomic mass is 10.3. The van der Waals surface area contributed by atoms with Crippen LogP contribution in [0.4, 0.5) is 0 Å². The lowest BCUT2D eigenvalue weighted by Crippen LogP contribution is -2.23. The molecule has 0 amide bonds. The van der Waals surface area contributed by atoms with Gasteiger partial charge in [-0.05, 0) is 13.0 Å². The molecule has 0 saturated heterocycles. The molecule has 7 heteroatoms. The fourth-order valence-electron chi connectivity index (χ4n) is 0.726. The quantitative estimate of drug-likeness (QED) is 0.464. The maximum atomic E-state index is 10.9. The smallest absolute Gasteiger partial charge is 0.316 e. The summed E-state index contributed by atoms with van der Waals surface area (Å²) in [6, 6.07) is 0. The average molecular weight is 198 g/mol. The van der Waals surface area contributed by atoms with Gasteiger partial charge in [-0.25, -0.2) is 0 Å². The summed E-state index contributed by atoms with van der Waals surface area (Å²) in [5.74, 6) is -1.26. The minimum atomic E-state index is -3.53. The SMILES string of the molecule is CP(=O)(O)C(CCN)C(=O)O.N. The maximum absolute atomic E-state index is 10.9. The second-order valence-corrected chi connectivity index (χ2v) is 4.88. The Bertz CT molecular complexity index is 190. The van der Waals surface area contributed by atoms with Crippen LogP contribution >= 0.6 is 7.37 Å². The average Bonchev–Trinajstić information content (AvgIpc) is 1.79. The number of rotatable bonds is 4. The van der Waals surface area contributed by atoms with E-state index >= 15 is 0 Å². The largest absolute Gasteiger partial charge is 0.481 e. The van der Waals surface area contributed by atoms with Gasteiger partial charge in [0.25, 0.3) is 0 Å². The highest BCUT2D eigenvalue weighted by Gasteiger charge is 2.31. The molecule has 0 rings (SSSR count). The number of carboxylic acid groups (broad SMARTS) is 1. The molecule has 0 aliphatic carbocycles. The first-order valence-corrected chi connectivity index (χ1v) is 5.30. The van der Waals surface area contributed by atoms with Gasteiger partial charge in [0.1, 0.15) is 5.66 Å². The number of carboxylic acids is 1. The van der Waals surface area contributed by atoms with Crippen molar-refractivity contribution in [1.82, 2.24) is 6.15 Å². The number of nitrogens with two attached hydrogens (primary N) is 1. The third-order valence-electron chi connectivity index (χ3n) is 1.30. The summed E-state index contributed by atoms with van der Waals surface area (Å²) in [5.41, 5.74) is 3.85. The van der Waals surface area contributed by atoms with Crippen LogP contribution in [0.1, 0.15) is 6.42 Å². The molecule has 74 valence electrons. The molecule has 0 heterocycles. The molecule has 12 heavy (non-hydrogen) atoms. The molecule has 7 N–H and O–H groups in total. The Hall–Kier alpha value is -0.420. The number of hydrogen-bond acceptors (Lipinski definition) is 4. The molecule has 0 radical (unpaired) electrons. The molecule has 0 aliphatic rings. The fourth-order valence-corrected chi connectivity index (χ4v) is 1.76. The highest BCUT2D eigenvalue weighted by Crippen LogP contribution is 2.43. The lowest BCUT2D eigenvalue weighted by molar-refractivity contribution is -0.136. The molecule has 0 aliphatic heterocycles. The van der Waals surface area contributed by atoms with Crippen LogP contribution in [0.15, 0.2) is 0 Å². The second-order valence-electron chi connectivity index (χ2n) is 2.37. The highest BCUT2D eigenvalue weighted by atomic mass is 31.2. The lowest BCUT2D eigenvalue weighted by Gasteiger charge is -2.13. The third-order valence-corrected chi connectivity index (χ3v) is 2.94.